The number of Topliss-reactive ketones (excluding diaryl/α,β-unsaturated/α-hetero) is 1. The molecule has 1 saturated carbocycles. The summed E-state index contributed by atoms with van der Waals surface area (Å²) in [6.07, 6.45) is 4.02. The third-order valence-corrected chi connectivity index (χ3v) is 4.68. The summed E-state index contributed by atoms with van der Waals surface area (Å²) in [5.41, 5.74) is 2.44. The molecule has 1 aliphatic rings. The van der Waals surface area contributed by atoms with Crippen molar-refractivity contribution >= 4 is 5.78 Å². The molecule has 1 aromatic carbocycles. The standard InChI is InChI=1S/C17H24O/c1-12-8-9-16(10-14(12)3)17(18)11-15-7-5-4-6-13(15)2/h4-7,12,14,16H,8-11H2,1-3H3. The molecule has 3 unspecified atom stereocenters. The summed E-state index contributed by atoms with van der Waals surface area (Å²) in [5, 5.41) is 0. The van der Waals surface area contributed by atoms with E-state index in [1.807, 2.05) is 12.1 Å². The summed E-state index contributed by atoms with van der Waals surface area (Å²) in [7, 11) is 0. The monoisotopic (exact) mass is 244 g/mol. The molecular weight excluding hydrogens is 220 g/mol. The molecular formula is C17H24O. The number of benzene rings is 1. The molecule has 1 nitrogen and oxygen atoms in total. The first-order chi connectivity index (χ1) is 8.58. The van der Waals surface area contributed by atoms with E-state index in [2.05, 4.69) is 32.9 Å². The molecule has 1 heteroatoms. The molecule has 0 heterocycles. The minimum atomic E-state index is 0.302. The normalized spacial score (nSPS) is 28.1. The third-order valence-electron chi connectivity index (χ3n) is 4.68. The van der Waals surface area contributed by atoms with E-state index in [9.17, 15) is 4.79 Å². The highest BCUT2D eigenvalue weighted by molar-refractivity contribution is 5.83. The Hall–Kier alpha value is -1.11. The number of carbonyl (C=O) groups excluding carboxylic acids is 1. The van der Waals surface area contributed by atoms with Gasteiger partial charge in [-0.25, -0.2) is 0 Å². The smallest absolute Gasteiger partial charge is 0.140 e. The van der Waals surface area contributed by atoms with Crippen LogP contribution < -0.4 is 0 Å². The lowest BCUT2D eigenvalue weighted by Crippen LogP contribution is -2.27. The molecule has 3 atom stereocenters. The lowest BCUT2D eigenvalue weighted by molar-refractivity contribution is -0.124. The first kappa shape index (κ1) is 13.3. The van der Waals surface area contributed by atoms with Gasteiger partial charge >= 0.3 is 0 Å². The number of rotatable bonds is 3. The summed E-state index contributed by atoms with van der Waals surface area (Å²) in [5.74, 6) is 2.23. The number of hydrogen-bond acceptors (Lipinski definition) is 1. The average molecular weight is 244 g/mol. The van der Waals surface area contributed by atoms with Gasteiger partial charge in [-0.3, -0.25) is 4.79 Å². The maximum atomic E-state index is 12.4. The summed E-state index contributed by atoms with van der Waals surface area (Å²) in [4.78, 5) is 12.4. The molecule has 0 spiro atoms. The van der Waals surface area contributed by atoms with Crippen LogP contribution >= 0.6 is 0 Å². The molecule has 1 fully saturated rings. The van der Waals surface area contributed by atoms with Crippen molar-refractivity contribution in [2.75, 3.05) is 0 Å². The second-order valence-electron chi connectivity index (χ2n) is 6.03. The van der Waals surface area contributed by atoms with E-state index in [1.165, 1.54) is 17.5 Å². The van der Waals surface area contributed by atoms with Gasteiger partial charge in [0.15, 0.2) is 0 Å². The zero-order valence-electron chi connectivity index (χ0n) is 11.8. The first-order valence-electron chi connectivity index (χ1n) is 7.15. The van der Waals surface area contributed by atoms with Crippen molar-refractivity contribution in [2.45, 2.75) is 46.5 Å². The van der Waals surface area contributed by atoms with E-state index in [-0.39, 0.29) is 0 Å². The van der Waals surface area contributed by atoms with Gasteiger partial charge in [0.05, 0.1) is 0 Å². The van der Waals surface area contributed by atoms with Crippen molar-refractivity contribution in [1.29, 1.82) is 0 Å². The quantitative estimate of drug-likeness (QED) is 0.779. The van der Waals surface area contributed by atoms with Crippen molar-refractivity contribution in [3.05, 3.63) is 35.4 Å². The van der Waals surface area contributed by atoms with E-state index in [0.717, 1.165) is 18.8 Å². The number of aryl methyl sites for hydroxylation is 1. The highest BCUT2D eigenvalue weighted by atomic mass is 16.1. The fourth-order valence-corrected chi connectivity index (χ4v) is 2.98. The van der Waals surface area contributed by atoms with E-state index >= 15 is 0 Å². The molecule has 0 bridgehead atoms. The Kier molecular flexibility index (Phi) is 4.21. The maximum Gasteiger partial charge on any atom is 0.140 e. The van der Waals surface area contributed by atoms with Crippen LogP contribution in [0.15, 0.2) is 24.3 Å². The van der Waals surface area contributed by atoms with Crippen LogP contribution in [0.4, 0.5) is 0 Å². The maximum absolute atomic E-state index is 12.4. The largest absolute Gasteiger partial charge is 0.299 e. The zero-order valence-corrected chi connectivity index (χ0v) is 11.8. The van der Waals surface area contributed by atoms with Crippen LogP contribution in [0, 0.1) is 24.7 Å². The second kappa shape index (κ2) is 5.69. The minimum Gasteiger partial charge on any atom is -0.299 e. The Labute approximate surface area is 111 Å². The Morgan fingerprint density at radius 3 is 2.56 bits per heavy atom. The summed E-state index contributed by atoms with van der Waals surface area (Å²) >= 11 is 0. The molecule has 18 heavy (non-hydrogen) atoms. The van der Waals surface area contributed by atoms with Crippen LogP contribution in [0.1, 0.15) is 44.2 Å². The van der Waals surface area contributed by atoms with Gasteiger partial charge in [0.1, 0.15) is 5.78 Å². The number of carbonyl (C=O) groups is 1. The van der Waals surface area contributed by atoms with E-state index < -0.39 is 0 Å². The molecule has 0 N–H and O–H groups in total. The van der Waals surface area contributed by atoms with Gasteiger partial charge in [-0.1, -0.05) is 38.1 Å². The molecule has 0 aromatic heterocycles. The summed E-state index contributed by atoms with van der Waals surface area (Å²) in [6, 6.07) is 8.24. The van der Waals surface area contributed by atoms with Gasteiger partial charge in [-0.15, -0.1) is 0 Å². The van der Waals surface area contributed by atoms with Crippen LogP contribution in [-0.2, 0) is 11.2 Å². The summed E-state index contributed by atoms with van der Waals surface area (Å²) in [6.45, 7) is 6.69. The van der Waals surface area contributed by atoms with E-state index in [4.69, 9.17) is 0 Å². The van der Waals surface area contributed by atoms with Crippen molar-refractivity contribution in [2.24, 2.45) is 17.8 Å². The predicted octanol–water partition coefficient (Wildman–Crippen LogP) is 4.18. The number of ketones is 1. The first-order valence-corrected chi connectivity index (χ1v) is 7.15. The highest BCUT2D eigenvalue weighted by Crippen LogP contribution is 2.34. The second-order valence-corrected chi connectivity index (χ2v) is 6.03. The predicted molar refractivity (Wildman–Crippen MR) is 75.6 cm³/mol. The van der Waals surface area contributed by atoms with Crippen molar-refractivity contribution < 1.29 is 4.79 Å². The van der Waals surface area contributed by atoms with Crippen LogP contribution in [-0.4, -0.2) is 5.78 Å². The van der Waals surface area contributed by atoms with Gasteiger partial charge in [0.2, 0.25) is 0 Å². The average Bonchev–Trinajstić information content (AvgIpc) is 2.35. The Morgan fingerprint density at radius 2 is 1.89 bits per heavy atom. The Morgan fingerprint density at radius 1 is 1.17 bits per heavy atom. The van der Waals surface area contributed by atoms with E-state index in [0.29, 0.717) is 24.0 Å². The molecule has 0 saturated heterocycles. The zero-order chi connectivity index (χ0) is 13.1. The molecule has 2 rings (SSSR count). The number of hydrogen-bond donors (Lipinski definition) is 0. The molecule has 1 aliphatic carbocycles. The van der Waals surface area contributed by atoms with Crippen LogP contribution in [0.2, 0.25) is 0 Å². The van der Waals surface area contributed by atoms with Gasteiger partial charge < -0.3 is 0 Å². The lowest BCUT2D eigenvalue weighted by Gasteiger charge is -2.31. The Bertz CT molecular complexity index is 421. The molecule has 1 aromatic rings. The van der Waals surface area contributed by atoms with Gasteiger partial charge in [-0.05, 0) is 49.1 Å². The molecule has 0 radical (unpaired) electrons. The fourth-order valence-electron chi connectivity index (χ4n) is 2.98. The van der Waals surface area contributed by atoms with Gasteiger partial charge in [0.25, 0.3) is 0 Å². The SMILES string of the molecule is Cc1ccccc1CC(=O)C1CCC(C)C(C)C1. The van der Waals surface area contributed by atoms with Gasteiger partial charge in [0, 0.05) is 12.3 Å². The van der Waals surface area contributed by atoms with E-state index in [1.54, 1.807) is 0 Å². The topological polar surface area (TPSA) is 17.1 Å². The Balaban J connectivity index is 1.99. The minimum absolute atomic E-state index is 0.302. The third kappa shape index (κ3) is 3.01. The van der Waals surface area contributed by atoms with Crippen LogP contribution in [0.25, 0.3) is 0 Å². The molecule has 0 aliphatic heterocycles. The lowest BCUT2D eigenvalue weighted by atomic mass is 9.73. The molecule has 98 valence electrons. The molecule has 0 amide bonds. The van der Waals surface area contributed by atoms with Crippen LogP contribution in [0.3, 0.4) is 0 Å². The fraction of sp³-hybridized carbons (Fsp3) is 0.588. The van der Waals surface area contributed by atoms with Crippen molar-refractivity contribution in [3.8, 4) is 0 Å². The van der Waals surface area contributed by atoms with Crippen molar-refractivity contribution in [3.63, 3.8) is 0 Å². The highest BCUT2D eigenvalue weighted by Gasteiger charge is 2.28. The van der Waals surface area contributed by atoms with Crippen LogP contribution in [0.5, 0.6) is 0 Å². The summed E-state index contributed by atoms with van der Waals surface area (Å²) < 4.78 is 0. The van der Waals surface area contributed by atoms with Gasteiger partial charge in [-0.2, -0.15) is 0 Å². The van der Waals surface area contributed by atoms with Crippen molar-refractivity contribution in [1.82, 2.24) is 0 Å².